The monoisotopic (exact) mass is 1460 g/mol. The molecule has 0 bridgehead atoms. The second kappa shape index (κ2) is 31.9. The number of fused-ring (bicyclic) bond motifs is 8. The summed E-state index contributed by atoms with van der Waals surface area (Å²) in [4.78, 5) is 9.34. The predicted octanol–water partition coefficient (Wildman–Crippen LogP) is 29.5. The summed E-state index contributed by atoms with van der Waals surface area (Å²) >= 11 is 0. The Morgan fingerprint density at radius 3 is 0.655 bits per heavy atom. The van der Waals surface area contributed by atoms with Crippen molar-refractivity contribution in [2.45, 2.75) is 0 Å². The summed E-state index contributed by atoms with van der Waals surface area (Å²) in [6.07, 6.45) is 0. The fraction of sp³-hybridized carbons (Fsp3) is 0. The van der Waals surface area contributed by atoms with Crippen LogP contribution in [-0.2, 0) is 0 Å². The normalized spacial score (nSPS) is 11.1. The Balaban J connectivity index is 0.000000160. The van der Waals surface area contributed by atoms with E-state index in [1.54, 1.807) is 0 Å². The largest absolute Gasteiger partial charge is 0.344 e. The molecule has 18 aromatic carbocycles. The minimum atomic E-state index is 1.09. The van der Waals surface area contributed by atoms with Crippen LogP contribution in [0, 0.1) is 0 Å². The topological polar surface area (TPSA) is 35.2 Å². The molecule has 0 atom stereocenters. The van der Waals surface area contributed by atoms with Gasteiger partial charge in [0.05, 0.1) is 33.4 Å². The quantitative estimate of drug-likeness (QED) is 0.0713. The Hall–Kier alpha value is -14.6. The second-order valence-corrected chi connectivity index (χ2v) is 28.0. The van der Waals surface area contributed by atoms with Gasteiger partial charge in [0.25, 0.3) is 7.98 Å². The van der Waals surface area contributed by atoms with Crippen LogP contribution in [0.3, 0.4) is 0 Å². The first-order valence-electron chi connectivity index (χ1n) is 38.0. The van der Waals surface area contributed by atoms with Crippen molar-refractivity contribution in [1.29, 1.82) is 0 Å². The van der Waals surface area contributed by atoms with Gasteiger partial charge in [-0.25, -0.2) is 0 Å². The first-order chi connectivity index (χ1) is 56.0. The highest BCUT2D eigenvalue weighted by molar-refractivity contribution is 7.05. The van der Waals surface area contributed by atoms with E-state index in [0.29, 0.717) is 0 Å². The number of aromatic nitrogens is 2. The van der Waals surface area contributed by atoms with Gasteiger partial charge in [-0.3, -0.25) is 0 Å². The van der Waals surface area contributed by atoms with E-state index in [9.17, 15) is 0 Å². The third-order valence-corrected chi connectivity index (χ3v) is 21.1. The summed E-state index contributed by atoms with van der Waals surface area (Å²) in [5.41, 5.74) is 25.2. The molecule has 9 heteroatoms. The minimum Gasteiger partial charge on any atom is -0.344 e. The van der Waals surface area contributed by atoms with Gasteiger partial charge in [-0.1, -0.05) is 267 Å². The number of para-hydroxylation sites is 8. The lowest BCUT2D eigenvalue weighted by atomic mass is 10.0. The van der Waals surface area contributed by atoms with E-state index < -0.39 is 0 Å². The lowest BCUT2D eigenvalue weighted by Crippen LogP contribution is -2.10. The maximum absolute atomic E-state index is 4.39. The molecule has 0 saturated heterocycles. The lowest BCUT2D eigenvalue weighted by Gasteiger charge is -2.27. The van der Waals surface area contributed by atoms with Crippen LogP contribution in [-0.4, -0.2) is 17.1 Å². The smallest absolute Gasteiger partial charge is 0.265 e. The third kappa shape index (κ3) is 14.0. The highest BCUT2D eigenvalue weighted by Crippen LogP contribution is 2.45. The molecule has 20 rings (SSSR count). The summed E-state index contributed by atoms with van der Waals surface area (Å²) in [6, 6.07) is 161. The second-order valence-electron chi connectivity index (χ2n) is 27.8. The molecule has 534 valence electrons. The van der Waals surface area contributed by atoms with E-state index in [1.807, 2.05) is 0 Å². The Labute approximate surface area is 662 Å². The SMILES string of the molecule is [B]N=P.c1ccc(N(c2ccc(-c3ccc(N(c4ccccc4)c4ccc(-n5c6ccccc6c6ccccc65)cc4)cc3)cc2)c2ccc(-n3c4ccccc4c4ccccc43)cc2)cc1.c1ccc(N(c2ccc(-c3ccc(N(c4ccccc4)c4cccc5ccccc45)cc3)cc2)c2cccc3ccccc23)cc1. The number of hydrogen-bond donors (Lipinski definition) is 0. The van der Waals surface area contributed by atoms with Crippen molar-refractivity contribution in [2.75, 3.05) is 19.6 Å². The van der Waals surface area contributed by atoms with E-state index in [-0.39, 0.29) is 0 Å². The fourth-order valence-corrected chi connectivity index (χ4v) is 16.0. The van der Waals surface area contributed by atoms with Crippen molar-refractivity contribution in [1.82, 2.24) is 9.13 Å². The van der Waals surface area contributed by atoms with Crippen LogP contribution in [0.15, 0.2) is 454 Å². The molecule has 2 heterocycles. The fourth-order valence-electron chi connectivity index (χ4n) is 16.0. The van der Waals surface area contributed by atoms with Gasteiger partial charge in [0.15, 0.2) is 0 Å². The molecule has 0 fully saturated rings. The molecular weight excluding hydrogens is 1390 g/mol. The average molecular weight is 1460 g/mol. The molecule has 0 amide bonds. The van der Waals surface area contributed by atoms with Crippen molar-refractivity contribution < 1.29 is 0 Å². The number of hydrogen-bond acceptors (Lipinski definition) is 5. The van der Waals surface area contributed by atoms with Crippen LogP contribution in [0.25, 0.3) is 98.8 Å². The van der Waals surface area contributed by atoms with Gasteiger partial charge in [0.1, 0.15) is 0 Å². The van der Waals surface area contributed by atoms with Crippen molar-refractivity contribution in [3.63, 3.8) is 0 Å². The predicted molar refractivity (Wildman–Crippen MR) is 483 cm³/mol. The van der Waals surface area contributed by atoms with Gasteiger partial charge in [-0.2, -0.15) is 0 Å². The van der Waals surface area contributed by atoms with Crippen LogP contribution < -0.4 is 19.6 Å². The van der Waals surface area contributed by atoms with Gasteiger partial charge in [0.2, 0.25) is 0 Å². The highest BCUT2D eigenvalue weighted by atomic mass is 31.0. The standard InChI is InChI=1S/C60H42N4.C44H32N2.BHNP/c1-3-15-45(16-4-1)61(49-35-39-51(40-36-49)63-57-23-11-7-19-53(57)54-20-8-12-24-58(54)63)47-31-27-43(28-32-47)44-29-33-48(34-30-44)62(46-17-5-2-6-18-46)50-37-41-52(42-38-50)64-59-25-13-9-21-55(59)56-22-10-14-26-60(56)64;1-3-17-37(18-4-1)45(43-23-11-15-35-13-7-9-21-41(35)43)39-29-25-33(26-30-39)34-27-31-40(32-28-34)46(38-19-5-2-6-20-38)44-24-12-16-36-14-8-10-22-42(36)44;1-2-3/h1-42H;1-32H;3H. The van der Waals surface area contributed by atoms with E-state index in [1.165, 1.54) is 76.3 Å². The van der Waals surface area contributed by atoms with Crippen molar-refractivity contribution >= 4 is 150 Å². The minimum absolute atomic E-state index is 1.09. The molecule has 2 aromatic heterocycles. The van der Waals surface area contributed by atoms with Gasteiger partial charge >= 0.3 is 0 Å². The van der Waals surface area contributed by atoms with Crippen LogP contribution >= 0.6 is 9.03 Å². The van der Waals surface area contributed by atoms with Crippen LogP contribution in [0.4, 0.5) is 68.2 Å². The highest BCUT2D eigenvalue weighted by Gasteiger charge is 2.22. The zero-order valence-electron chi connectivity index (χ0n) is 61.9. The number of benzene rings is 18. The maximum Gasteiger partial charge on any atom is 0.265 e. The van der Waals surface area contributed by atoms with Gasteiger partial charge in [-0.15, -0.1) is 0 Å². The molecule has 0 spiro atoms. The molecule has 0 aliphatic carbocycles. The summed E-state index contributed by atoms with van der Waals surface area (Å²) < 4.78 is 7.54. The first-order valence-corrected chi connectivity index (χ1v) is 38.5. The summed E-state index contributed by atoms with van der Waals surface area (Å²) in [5, 5.41) is 9.95. The first kappa shape index (κ1) is 70.1. The Morgan fingerprint density at radius 1 is 0.186 bits per heavy atom. The van der Waals surface area contributed by atoms with E-state index in [4.69, 9.17) is 0 Å². The molecule has 0 unspecified atom stereocenters. The zero-order chi connectivity index (χ0) is 75.8. The molecule has 0 aliphatic rings. The molecule has 2 radical (unpaired) electrons. The Kier molecular flexibility index (Phi) is 19.8. The van der Waals surface area contributed by atoms with Gasteiger partial charge < -0.3 is 33.4 Å². The molecule has 0 saturated carbocycles. The maximum atomic E-state index is 4.39. The molecule has 113 heavy (non-hydrogen) atoms. The summed E-state index contributed by atoms with van der Waals surface area (Å²) in [7, 11) is 6.97. The summed E-state index contributed by atoms with van der Waals surface area (Å²) in [6.45, 7) is 0. The van der Waals surface area contributed by atoms with Crippen molar-refractivity contribution in [3.05, 3.63) is 449 Å². The van der Waals surface area contributed by atoms with Crippen LogP contribution in [0.2, 0.25) is 0 Å². The molecule has 20 aromatic rings. The summed E-state index contributed by atoms with van der Waals surface area (Å²) in [5.74, 6) is 0. The molecule has 7 nitrogen and oxygen atoms in total. The van der Waals surface area contributed by atoms with Crippen LogP contribution in [0.5, 0.6) is 0 Å². The zero-order valence-corrected chi connectivity index (χ0v) is 62.9. The van der Waals surface area contributed by atoms with E-state index >= 15 is 0 Å². The Bertz CT molecular complexity index is 6160. The van der Waals surface area contributed by atoms with Crippen LogP contribution in [0.1, 0.15) is 0 Å². The van der Waals surface area contributed by atoms with Gasteiger partial charge in [0, 0.05) is 101 Å². The molecule has 0 aliphatic heterocycles. The molecular formula is C104H75BN7P. The Morgan fingerprint density at radius 2 is 0.381 bits per heavy atom. The number of nitrogens with zero attached hydrogens (tertiary/aromatic N) is 7. The molecule has 0 N–H and O–H groups in total. The number of rotatable bonds is 16. The third-order valence-electron chi connectivity index (χ3n) is 21.1. The van der Waals surface area contributed by atoms with Crippen molar-refractivity contribution in [2.24, 2.45) is 4.66 Å². The van der Waals surface area contributed by atoms with E-state index in [2.05, 4.69) is 499 Å². The lowest BCUT2D eigenvalue weighted by molar-refractivity contribution is 1.17. The van der Waals surface area contributed by atoms with Crippen molar-refractivity contribution in [3.8, 4) is 33.6 Å². The average Bonchev–Trinajstić information content (AvgIpc) is 1.63. The number of anilines is 12. The van der Waals surface area contributed by atoms with E-state index in [0.717, 1.165) is 90.8 Å². The van der Waals surface area contributed by atoms with Gasteiger partial charge in [-0.05, 0) is 224 Å².